The Kier molecular flexibility index (Phi) is 6.23. The Morgan fingerprint density at radius 3 is 2.58 bits per heavy atom. The Morgan fingerprint density at radius 1 is 1.47 bits per heavy atom. The second-order valence-corrected chi connectivity index (χ2v) is 6.36. The summed E-state index contributed by atoms with van der Waals surface area (Å²) < 4.78 is 0. The molecule has 1 heterocycles. The number of likely N-dealkylation sites (tertiary alicyclic amines) is 1. The molecular formula is C14H29N3O2. The number of carbonyl (C=O) groups is 1. The maximum Gasteiger partial charge on any atom is 0.227 e. The van der Waals surface area contributed by atoms with E-state index >= 15 is 0 Å². The lowest BCUT2D eigenvalue weighted by Gasteiger charge is -2.30. The van der Waals surface area contributed by atoms with E-state index in [4.69, 9.17) is 5.73 Å². The molecule has 19 heavy (non-hydrogen) atoms. The first-order chi connectivity index (χ1) is 8.85. The third-order valence-electron chi connectivity index (χ3n) is 3.64. The first-order valence-electron chi connectivity index (χ1n) is 7.18. The first-order valence-corrected chi connectivity index (χ1v) is 7.18. The van der Waals surface area contributed by atoms with Crippen molar-refractivity contribution in [1.82, 2.24) is 9.80 Å². The SMILES string of the molecule is CC(C)CC(CN)C(=O)N1CC(O)CC1CN(C)C. The molecule has 3 unspecified atom stereocenters. The lowest BCUT2D eigenvalue weighted by Crippen LogP contribution is -2.46. The molecule has 3 N–H and O–H groups in total. The number of hydrogen-bond donors (Lipinski definition) is 2. The molecule has 1 fully saturated rings. The molecule has 0 aromatic heterocycles. The van der Waals surface area contributed by atoms with Crippen LogP contribution < -0.4 is 5.73 Å². The molecule has 0 aromatic rings. The summed E-state index contributed by atoms with van der Waals surface area (Å²) in [6, 6.07) is 0.110. The molecule has 112 valence electrons. The van der Waals surface area contributed by atoms with Crippen LogP contribution in [0.15, 0.2) is 0 Å². The molecule has 1 rings (SSSR count). The Labute approximate surface area is 116 Å². The molecule has 0 spiro atoms. The standard InChI is InChI=1S/C14H29N3O2/c1-10(2)5-11(7-15)14(19)17-9-13(18)6-12(17)8-16(3)4/h10-13,18H,5-9,15H2,1-4H3. The van der Waals surface area contributed by atoms with Crippen LogP contribution in [0.2, 0.25) is 0 Å². The summed E-state index contributed by atoms with van der Waals surface area (Å²) in [6.45, 7) is 5.84. The van der Waals surface area contributed by atoms with Gasteiger partial charge in [-0.3, -0.25) is 4.79 Å². The first kappa shape index (κ1) is 16.4. The minimum absolute atomic E-state index is 0.110. The van der Waals surface area contributed by atoms with Crippen molar-refractivity contribution >= 4 is 5.91 Å². The Hall–Kier alpha value is -0.650. The van der Waals surface area contributed by atoms with Crippen molar-refractivity contribution in [3.05, 3.63) is 0 Å². The van der Waals surface area contributed by atoms with Gasteiger partial charge >= 0.3 is 0 Å². The summed E-state index contributed by atoms with van der Waals surface area (Å²) in [5.41, 5.74) is 5.75. The van der Waals surface area contributed by atoms with Crippen molar-refractivity contribution in [2.24, 2.45) is 17.6 Å². The van der Waals surface area contributed by atoms with E-state index in [2.05, 4.69) is 18.7 Å². The zero-order valence-corrected chi connectivity index (χ0v) is 12.7. The van der Waals surface area contributed by atoms with E-state index in [0.717, 1.165) is 13.0 Å². The number of amides is 1. The number of aliphatic hydroxyl groups is 1. The van der Waals surface area contributed by atoms with Gasteiger partial charge in [-0.15, -0.1) is 0 Å². The van der Waals surface area contributed by atoms with Crippen molar-refractivity contribution in [2.45, 2.75) is 38.8 Å². The zero-order valence-electron chi connectivity index (χ0n) is 12.7. The predicted molar refractivity (Wildman–Crippen MR) is 76.7 cm³/mol. The number of hydrogen-bond acceptors (Lipinski definition) is 4. The second-order valence-electron chi connectivity index (χ2n) is 6.36. The third-order valence-corrected chi connectivity index (χ3v) is 3.64. The molecule has 0 radical (unpaired) electrons. The van der Waals surface area contributed by atoms with Crippen molar-refractivity contribution in [2.75, 3.05) is 33.7 Å². The van der Waals surface area contributed by atoms with Gasteiger partial charge in [-0.05, 0) is 32.9 Å². The van der Waals surface area contributed by atoms with Crippen molar-refractivity contribution in [3.63, 3.8) is 0 Å². The van der Waals surface area contributed by atoms with Crippen LogP contribution in [-0.2, 0) is 4.79 Å². The van der Waals surface area contributed by atoms with Gasteiger partial charge in [0.15, 0.2) is 0 Å². The van der Waals surface area contributed by atoms with Gasteiger partial charge in [0.05, 0.1) is 12.0 Å². The van der Waals surface area contributed by atoms with Crippen molar-refractivity contribution < 1.29 is 9.90 Å². The van der Waals surface area contributed by atoms with Gasteiger partial charge in [-0.2, -0.15) is 0 Å². The monoisotopic (exact) mass is 271 g/mol. The van der Waals surface area contributed by atoms with Crippen LogP contribution in [0.1, 0.15) is 26.7 Å². The third kappa shape index (κ3) is 4.75. The predicted octanol–water partition coefficient (Wildman–Crippen LogP) is 0.131. The summed E-state index contributed by atoms with van der Waals surface area (Å²) in [6.07, 6.45) is 1.09. The normalized spacial score (nSPS) is 25.4. The van der Waals surface area contributed by atoms with E-state index in [-0.39, 0.29) is 17.9 Å². The van der Waals surface area contributed by atoms with E-state index in [9.17, 15) is 9.90 Å². The van der Waals surface area contributed by atoms with Gasteiger partial charge in [0.1, 0.15) is 0 Å². The molecule has 5 nitrogen and oxygen atoms in total. The number of likely N-dealkylation sites (N-methyl/N-ethyl adjacent to an activating group) is 1. The molecule has 1 amide bonds. The Bertz CT molecular complexity index is 294. The van der Waals surface area contributed by atoms with E-state index < -0.39 is 6.10 Å². The second kappa shape index (κ2) is 7.22. The fourth-order valence-electron chi connectivity index (χ4n) is 2.86. The van der Waals surface area contributed by atoms with E-state index in [1.807, 2.05) is 19.0 Å². The number of nitrogens with zero attached hydrogens (tertiary/aromatic N) is 2. The molecule has 0 aliphatic carbocycles. The van der Waals surface area contributed by atoms with E-state index in [1.54, 1.807) is 0 Å². The minimum Gasteiger partial charge on any atom is -0.391 e. The highest BCUT2D eigenvalue weighted by molar-refractivity contribution is 5.79. The average Bonchev–Trinajstić information content (AvgIpc) is 2.65. The highest BCUT2D eigenvalue weighted by atomic mass is 16.3. The van der Waals surface area contributed by atoms with E-state index in [0.29, 0.717) is 25.4 Å². The molecule has 5 heteroatoms. The maximum atomic E-state index is 12.6. The van der Waals surface area contributed by atoms with Gasteiger partial charge in [-0.1, -0.05) is 13.8 Å². The van der Waals surface area contributed by atoms with Gasteiger partial charge < -0.3 is 20.6 Å². The molecule has 1 saturated heterocycles. The van der Waals surface area contributed by atoms with Crippen LogP contribution >= 0.6 is 0 Å². The average molecular weight is 271 g/mol. The Balaban J connectivity index is 2.71. The van der Waals surface area contributed by atoms with Crippen LogP contribution in [0.3, 0.4) is 0 Å². The van der Waals surface area contributed by atoms with Gasteiger partial charge in [0.2, 0.25) is 5.91 Å². The summed E-state index contributed by atoms with van der Waals surface area (Å²) in [4.78, 5) is 16.5. The van der Waals surface area contributed by atoms with Crippen molar-refractivity contribution in [1.29, 1.82) is 0 Å². The van der Waals surface area contributed by atoms with Crippen LogP contribution in [-0.4, -0.2) is 66.7 Å². The van der Waals surface area contributed by atoms with Gasteiger partial charge in [0.25, 0.3) is 0 Å². The van der Waals surface area contributed by atoms with Gasteiger partial charge in [-0.25, -0.2) is 0 Å². The highest BCUT2D eigenvalue weighted by Gasteiger charge is 2.37. The number of rotatable bonds is 6. The van der Waals surface area contributed by atoms with Crippen LogP contribution in [0.25, 0.3) is 0 Å². The number of aliphatic hydroxyl groups excluding tert-OH is 1. The minimum atomic E-state index is -0.397. The fourth-order valence-corrected chi connectivity index (χ4v) is 2.86. The molecule has 0 saturated carbocycles. The molecule has 3 atom stereocenters. The molecule has 0 bridgehead atoms. The van der Waals surface area contributed by atoms with Gasteiger partial charge in [0, 0.05) is 25.7 Å². The molecule has 1 aliphatic rings. The quantitative estimate of drug-likeness (QED) is 0.720. The van der Waals surface area contributed by atoms with Crippen molar-refractivity contribution in [3.8, 4) is 0 Å². The Morgan fingerprint density at radius 2 is 2.11 bits per heavy atom. The summed E-state index contributed by atoms with van der Waals surface area (Å²) in [7, 11) is 3.98. The smallest absolute Gasteiger partial charge is 0.227 e. The van der Waals surface area contributed by atoms with Crippen LogP contribution in [0.5, 0.6) is 0 Å². The number of nitrogens with two attached hydrogens (primary N) is 1. The topological polar surface area (TPSA) is 69.8 Å². The summed E-state index contributed by atoms with van der Waals surface area (Å²) >= 11 is 0. The lowest BCUT2D eigenvalue weighted by atomic mass is 9.95. The molecule has 1 aliphatic heterocycles. The largest absolute Gasteiger partial charge is 0.391 e. The maximum absolute atomic E-state index is 12.6. The number of β-amino-alcohol motifs (C(OH)–C–C–N with tert-alkyl or cyclic N) is 1. The van der Waals surface area contributed by atoms with Crippen LogP contribution in [0, 0.1) is 11.8 Å². The number of carbonyl (C=O) groups excluding carboxylic acids is 1. The van der Waals surface area contributed by atoms with Crippen LogP contribution in [0.4, 0.5) is 0 Å². The lowest BCUT2D eigenvalue weighted by molar-refractivity contribution is -0.137. The summed E-state index contributed by atoms with van der Waals surface area (Å²) in [5.74, 6) is 0.451. The summed E-state index contributed by atoms with van der Waals surface area (Å²) in [5, 5.41) is 9.82. The fraction of sp³-hybridized carbons (Fsp3) is 0.929. The molecule has 0 aromatic carbocycles. The zero-order chi connectivity index (χ0) is 14.6. The van der Waals surface area contributed by atoms with E-state index in [1.165, 1.54) is 0 Å². The molecular weight excluding hydrogens is 242 g/mol. The highest BCUT2D eigenvalue weighted by Crippen LogP contribution is 2.23.